The number of piperidine rings is 1. The van der Waals surface area contributed by atoms with Crippen LogP contribution in [-0.2, 0) is 4.79 Å². The van der Waals surface area contributed by atoms with Gasteiger partial charge in [0, 0.05) is 24.0 Å². The van der Waals surface area contributed by atoms with Gasteiger partial charge in [0.1, 0.15) is 22.0 Å². The molecule has 166 valence electrons. The summed E-state index contributed by atoms with van der Waals surface area (Å²) in [6.45, 7) is 1.27. The second-order valence-electron chi connectivity index (χ2n) is 7.74. The van der Waals surface area contributed by atoms with Crippen molar-refractivity contribution in [3.8, 4) is 16.3 Å². The number of thiazole rings is 1. The van der Waals surface area contributed by atoms with Crippen LogP contribution in [0.2, 0.25) is 0 Å². The van der Waals surface area contributed by atoms with Crippen LogP contribution in [-0.4, -0.2) is 47.6 Å². The molecule has 0 spiro atoms. The highest BCUT2D eigenvalue weighted by molar-refractivity contribution is 7.13. The number of carbonyl (C=O) groups excluding carboxylic acids is 2. The second kappa shape index (κ2) is 8.97. The molecule has 2 amide bonds. The average molecular weight is 452 g/mol. The van der Waals surface area contributed by atoms with Crippen molar-refractivity contribution < 1.29 is 14.7 Å². The number of phenolic OH excluding ortho intramolecular Hbond substituents is 1. The Kier molecular flexibility index (Phi) is 6.11. The van der Waals surface area contributed by atoms with Gasteiger partial charge >= 0.3 is 0 Å². The zero-order valence-corrected chi connectivity index (χ0v) is 18.5. The molecular weight excluding hydrogens is 426 g/mol. The van der Waals surface area contributed by atoms with Crippen molar-refractivity contribution in [1.82, 2.24) is 10.3 Å². The van der Waals surface area contributed by atoms with Gasteiger partial charge in [0.2, 0.25) is 5.91 Å². The highest BCUT2D eigenvalue weighted by atomic mass is 32.1. The predicted molar refractivity (Wildman–Crippen MR) is 126 cm³/mol. The van der Waals surface area contributed by atoms with Crippen molar-refractivity contribution >= 4 is 34.5 Å². The van der Waals surface area contributed by atoms with Gasteiger partial charge in [-0.15, -0.1) is 11.3 Å². The number of amides is 2. The molecule has 3 aromatic rings. The van der Waals surface area contributed by atoms with Crippen molar-refractivity contribution in [2.75, 3.05) is 30.4 Å². The molecule has 1 saturated heterocycles. The highest BCUT2D eigenvalue weighted by Gasteiger charge is 2.38. The number of likely N-dealkylation sites (N-methyl/N-ethyl adjacent to an activating group) is 1. The summed E-state index contributed by atoms with van der Waals surface area (Å²) in [6.07, 6.45) is 1.17. The van der Waals surface area contributed by atoms with Crippen LogP contribution in [0, 0.1) is 0 Å². The van der Waals surface area contributed by atoms with E-state index in [0.717, 1.165) is 11.3 Å². The first-order valence-corrected chi connectivity index (χ1v) is 11.2. The van der Waals surface area contributed by atoms with Gasteiger partial charge in [0.05, 0.1) is 11.4 Å². The molecule has 1 fully saturated rings. The molecule has 1 aliphatic heterocycles. The van der Waals surface area contributed by atoms with Crippen LogP contribution in [0.3, 0.4) is 0 Å². The third-order valence-electron chi connectivity index (χ3n) is 5.89. The molecule has 0 aliphatic carbocycles. The van der Waals surface area contributed by atoms with Crippen molar-refractivity contribution in [1.29, 1.82) is 0 Å². The highest BCUT2D eigenvalue weighted by Crippen LogP contribution is 2.32. The number of aromatic nitrogens is 1. The van der Waals surface area contributed by atoms with Gasteiger partial charge in [-0.3, -0.25) is 9.59 Å². The zero-order valence-electron chi connectivity index (χ0n) is 17.7. The fourth-order valence-corrected chi connectivity index (χ4v) is 4.74. The Morgan fingerprint density at radius 3 is 2.59 bits per heavy atom. The molecule has 0 atom stereocenters. The lowest BCUT2D eigenvalue weighted by molar-refractivity contribution is -0.125. The summed E-state index contributed by atoms with van der Waals surface area (Å²) in [7, 11) is 1.76. The quantitative estimate of drug-likeness (QED) is 0.457. The van der Waals surface area contributed by atoms with E-state index in [1.165, 1.54) is 11.3 Å². The molecular formula is C23H25N5O3S. The standard InChI is InChI=1S/C23H25N5O3S/c1-25-23(22(24)31)9-11-28(12-10-23)19-8-3-2-7-17(19)26-20(30)18-14-32-21(27-18)15-5-4-6-16(29)13-15/h2-8,13-14,25,29H,9-12H2,1H3,(H2,24,31)(H,26,30). The minimum Gasteiger partial charge on any atom is -0.508 e. The number of nitrogens with zero attached hydrogens (tertiary/aromatic N) is 2. The van der Waals surface area contributed by atoms with Crippen molar-refractivity contribution in [2.24, 2.45) is 5.73 Å². The molecule has 1 aliphatic rings. The minimum atomic E-state index is -0.697. The van der Waals surface area contributed by atoms with E-state index in [1.54, 1.807) is 30.6 Å². The zero-order chi connectivity index (χ0) is 22.7. The smallest absolute Gasteiger partial charge is 0.275 e. The van der Waals surface area contributed by atoms with Gasteiger partial charge in [-0.25, -0.2) is 4.98 Å². The molecule has 0 unspecified atom stereocenters. The summed E-state index contributed by atoms with van der Waals surface area (Å²) in [6, 6.07) is 14.4. The van der Waals surface area contributed by atoms with E-state index in [2.05, 4.69) is 20.5 Å². The molecule has 2 aromatic carbocycles. The Morgan fingerprint density at radius 2 is 1.91 bits per heavy atom. The number of carbonyl (C=O) groups is 2. The molecule has 9 heteroatoms. The maximum absolute atomic E-state index is 12.9. The fraction of sp³-hybridized carbons (Fsp3) is 0.261. The van der Waals surface area contributed by atoms with Crippen LogP contribution in [0.4, 0.5) is 11.4 Å². The predicted octanol–water partition coefficient (Wildman–Crippen LogP) is 2.81. The van der Waals surface area contributed by atoms with Crippen LogP contribution in [0.1, 0.15) is 23.3 Å². The number of rotatable bonds is 6. The first-order chi connectivity index (χ1) is 15.4. The van der Waals surface area contributed by atoms with Crippen LogP contribution >= 0.6 is 11.3 Å². The number of hydrogen-bond acceptors (Lipinski definition) is 7. The van der Waals surface area contributed by atoms with Gasteiger partial charge in [-0.1, -0.05) is 24.3 Å². The Hall–Kier alpha value is -3.43. The molecule has 0 bridgehead atoms. The van der Waals surface area contributed by atoms with Crippen LogP contribution in [0.5, 0.6) is 5.75 Å². The number of para-hydroxylation sites is 2. The van der Waals surface area contributed by atoms with Gasteiger partial charge in [-0.05, 0) is 44.2 Å². The summed E-state index contributed by atoms with van der Waals surface area (Å²) in [4.78, 5) is 31.4. The molecule has 32 heavy (non-hydrogen) atoms. The Balaban J connectivity index is 1.49. The number of hydrogen-bond donors (Lipinski definition) is 4. The molecule has 1 aromatic heterocycles. The van der Waals surface area contributed by atoms with E-state index in [-0.39, 0.29) is 17.6 Å². The normalized spacial score (nSPS) is 15.3. The Morgan fingerprint density at radius 1 is 1.16 bits per heavy atom. The summed E-state index contributed by atoms with van der Waals surface area (Å²) in [5.74, 6) is -0.496. The van der Waals surface area contributed by atoms with Crippen LogP contribution < -0.4 is 21.3 Å². The number of benzene rings is 2. The first kappa shape index (κ1) is 21.8. The largest absolute Gasteiger partial charge is 0.508 e. The lowest BCUT2D eigenvalue weighted by atomic mass is 9.86. The number of anilines is 2. The SMILES string of the molecule is CNC1(C(N)=O)CCN(c2ccccc2NC(=O)c2csc(-c3cccc(O)c3)n2)CC1. The third kappa shape index (κ3) is 4.30. The van der Waals surface area contributed by atoms with Crippen molar-refractivity contribution in [2.45, 2.75) is 18.4 Å². The maximum atomic E-state index is 12.9. The monoisotopic (exact) mass is 451 g/mol. The van der Waals surface area contributed by atoms with Gasteiger partial charge < -0.3 is 26.4 Å². The van der Waals surface area contributed by atoms with E-state index in [1.807, 2.05) is 30.3 Å². The average Bonchev–Trinajstić information content (AvgIpc) is 3.30. The molecule has 0 radical (unpaired) electrons. The fourth-order valence-electron chi connectivity index (χ4n) is 3.94. The first-order valence-electron chi connectivity index (χ1n) is 10.3. The number of aromatic hydroxyl groups is 1. The maximum Gasteiger partial charge on any atom is 0.275 e. The topological polar surface area (TPSA) is 121 Å². The number of primary amides is 1. The third-order valence-corrected chi connectivity index (χ3v) is 6.78. The molecule has 8 nitrogen and oxygen atoms in total. The molecule has 5 N–H and O–H groups in total. The van der Waals surface area contributed by atoms with Gasteiger partial charge in [0.15, 0.2) is 0 Å². The van der Waals surface area contributed by atoms with Crippen molar-refractivity contribution in [3.05, 3.63) is 59.6 Å². The van der Waals surface area contributed by atoms with E-state index in [9.17, 15) is 14.7 Å². The number of nitrogens with two attached hydrogens (primary N) is 1. The lowest BCUT2D eigenvalue weighted by Gasteiger charge is -2.41. The summed E-state index contributed by atoms with van der Waals surface area (Å²) in [5.41, 5.74) is 7.55. The Labute approximate surface area is 190 Å². The lowest BCUT2D eigenvalue weighted by Crippen LogP contribution is -2.59. The number of phenols is 1. The van der Waals surface area contributed by atoms with Crippen LogP contribution in [0.15, 0.2) is 53.9 Å². The molecule has 4 rings (SSSR count). The van der Waals surface area contributed by atoms with E-state index < -0.39 is 5.54 Å². The van der Waals surface area contributed by atoms with Crippen LogP contribution in [0.25, 0.3) is 10.6 Å². The van der Waals surface area contributed by atoms with E-state index >= 15 is 0 Å². The van der Waals surface area contributed by atoms with E-state index in [0.29, 0.717) is 42.3 Å². The van der Waals surface area contributed by atoms with Crippen molar-refractivity contribution in [3.63, 3.8) is 0 Å². The summed E-state index contributed by atoms with van der Waals surface area (Å²) < 4.78 is 0. The van der Waals surface area contributed by atoms with Gasteiger partial charge in [-0.2, -0.15) is 0 Å². The molecule has 0 saturated carbocycles. The minimum absolute atomic E-state index is 0.151. The van der Waals surface area contributed by atoms with Gasteiger partial charge in [0.25, 0.3) is 5.91 Å². The second-order valence-corrected chi connectivity index (χ2v) is 8.60. The van der Waals surface area contributed by atoms with E-state index in [4.69, 9.17) is 5.73 Å². The summed E-state index contributed by atoms with van der Waals surface area (Å²) in [5, 5.41) is 18.1. The molecule has 2 heterocycles. The summed E-state index contributed by atoms with van der Waals surface area (Å²) >= 11 is 1.34. The Bertz CT molecular complexity index is 1140. The number of nitrogens with one attached hydrogen (secondary N) is 2.